The first-order valence-electron chi connectivity index (χ1n) is 5.45. The monoisotopic (exact) mass is 235 g/mol. The first-order chi connectivity index (χ1) is 7.63. The smallest absolute Gasteiger partial charge is 0.0733 e. The number of aromatic nitrogens is 2. The highest BCUT2D eigenvalue weighted by Crippen LogP contribution is 2.26. The molecule has 3 nitrogen and oxygen atoms in total. The number of nitrogens with two attached hydrogens (primary N) is 1. The molecule has 0 aliphatic rings. The van der Waals surface area contributed by atoms with E-state index in [1.165, 1.54) is 10.4 Å². The van der Waals surface area contributed by atoms with Crippen LogP contribution in [0.2, 0.25) is 0 Å². The second-order valence-corrected chi connectivity index (χ2v) is 5.07. The largest absolute Gasteiger partial charge is 0.319 e. The molecule has 4 heteroatoms. The molecular weight excluding hydrogens is 218 g/mol. The predicted molar refractivity (Wildman–Crippen MR) is 67.7 cm³/mol. The van der Waals surface area contributed by atoms with Gasteiger partial charge in [-0.05, 0) is 36.4 Å². The van der Waals surface area contributed by atoms with Crippen molar-refractivity contribution in [2.75, 3.05) is 0 Å². The van der Waals surface area contributed by atoms with E-state index < -0.39 is 0 Å². The highest BCUT2D eigenvalue weighted by molar-refractivity contribution is 7.10. The number of thiophene rings is 1. The average Bonchev–Trinajstić information content (AvgIpc) is 2.83. The van der Waals surface area contributed by atoms with E-state index in [2.05, 4.69) is 36.5 Å². The lowest BCUT2D eigenvalue weighted by Crippen LogP contribution is -2.15. The van der Waals surface area contributed by atoms with Crippen LogP contribution in [0.3, 0.4) is 0 Å². The third-order valence-corrected chi connectivity index (χ3v) is 3.74. The standard InChI is InChI=1S/C12H17N3S/c1-4-9-7-11(15(3)14-9)12(13)10-5-6-16-8(10)2/h5-7,12H,4,13H2,1-3H3. The van der Waals surface area contributed by atoms with Gasteiger partial charge in [0.15, 0.2) is 0 Å². The van der Waals surface area contributed by atoms with Crippen LogP contribution < -0.4 is 5.73 Å². The van der Waals surface area contributed by atoms with Crippen LogP contribution in [0.25, 0.3) is 0 Å². The van der Waals surface area contributed by atoms with Crippen molar-refractivity contribution < 1.29 is 0 Å². The molecule has 1 atom stereocenters. The molecule has 2 heterocycles. The number of hydrogen-bond donors (Lipinski definition) is 1. The van der Waals surface area contributed by atoms with Crippen LogP contribution in [0, 0.1) is 6.92 Å². The maximum atomic E-state index is 6.28. The summed E-state index contributed by atoms with van der Waals surface area (Å²) in [6.45, 7) is 4.21. The third-order valence-electron chi connectivity index (χ3n) is 2.88. The van der Waals surface area contributed by atoms with E-state index in [0.717, 1.165) is 17.8 Å². The van der Waals surface area contributed by atoms with Gasteiger partial charge in [-0.25, -0.2) is 0 Å². The Balaban J connectivity index is 2.37. The first-order valence-corrected chi connectivity index (χ1v) is 6.33. The van der Waals surface area contributed by atoms with Gasteiger partial charge in [-0.15, -0.1) is 11.3 Å². The molecule has 0 aliphatic heterocycles. The van der Waals surface area contributed by atoms with E-state index >= 15 is 0 Å². The van der Waals surface area contributed by atoms with E-state index in [1.54, 1.807) is 11.3 Å². The summed E-state index contributed by atoms with van der Waals surface area (Å²) >= 11 is 1.74. The lowest BCUT2D eigenvalue weighted by Gasteiger charge is -2.11. The molecule has 0 aromatic carbocycles. The maximum Gasteiger partial charge on any atom is 0.0733 e. The van der Waals surface area contributed by atoms with Gasteiger partial charge >= 0.3 is 0 Å². The molecule has 2 N–H and O–H groups in total. The van der Waals surface area contributed by atoms with E-state index in [4.69, 9.17) is 5.73 Å². The average molecular weight is 235 g/mol. The molecule has 0 saturated carbocycles. The maximum absolute atomic E-state index is 6.28. The molecule has 86 valence electrons. The summed E-state index contributed by atoms with van der Waals surface area (Å²) in [6.07, 6.45) is 0.948. The number of aryl methyl sites for hydroxylation is 3. The highest BCUT2D eigenvalue weighted by atomic mass is 32.1. The van der Waals surface area contributed by atoms with Gasteiger partial charge in [-0.2, -0.15) is 5.10 Å². The Bertz CT molecular complexity index is 484. The van der Waals surface area contributed by atoms with Crippen molar-refractivity contribution in [2.45, 2.75) is 26.3 Å². The predicted octanol–water partition coefficient (Wildman–Crippen LogP) is 2.40. The van der Waals surface area contributed by atoms with Crippen molar-refractivity contribution in [1.29, 1.82) is 0 Å². The molecule has 0 saturated heterocycles. The molecule has 1 unspecified atom stereocenters. The zero-order valence-electron chi connectivity index (χ0n) is 9.90. The van der Waals surface area contributed by atoms with Gasteiger partial charge in [0.05, 0.1) is 17.4 Å². The van der Waals surface area contributed by atoms with E-state index in [9.17, 15) is 0 Å². The van der Waals surface area contributed by atoms with Crippen LogP contribution in [-0.2, 0) is 13.5 Å². The fourth-order valence-corrected chi connectivity index (χ4v) is 2.63. The van der Waals surface area contributed by atoms with Crippen LogP contribution in [0.1, 0.15) is 34.8 Å². The molecule has 0 bridgehead atoms. The Kier molecular flexibility index (Phi) is 3.12. The van der Waals surface area contributed by atoms with Crippen LogP contribution in [0.4, 0.5) is 0 Å². The van der Waals surface area contributed by atoms with Crippen molar-refractivity contribution in [2.24, 2.45) is 12.8 Å². The van der Waals surface area contributed by atoms with Crippen molar-refractivity contribution >= 4 is 11.3 Å². The van der Waals surface area contributed by atoms with Crippen LogP contribution in [0.5, 0.6) is 0 Å². The zero-order valence-corrected chi connectivity index (χ0v) is 10.7. The van der Waals surface area contributed by atoms with Crippen molar-refractivity contribution in [3.05, 3.63) is 39.3 Å². The summed E-state index contributed by atoms with van der Waals surface area (Å²) in [5.74, 6) is 0. The summed E-state index contributed by atoms with van der Waals surface area (Å²) in [4.78, 5) is 1.28. The Morgan fingerprint density at radius 3 is 2.81 bits per heavy atom. The highest BCUT2D eigenvalue weighted by Gasteiger charge is 2.16. The lowest BCUT2D eigenvalue weighted by molar-refractivity contribution is 0.665. The molecule has 0 amide bonds. The van der Waals surface area contributed by atoms with Gasteiger partial charge in [0.1, 0.15) is 0 Å². The van der Waals surface area contributed by atoms with E-state index in [0.29, 0.717) is 0 Å². The summed E-state index contributed by atoms with van der Waals surface area (Å²) in [7, 11) is 1.95. The van der Waals surface area contributed by atoms with E-state index in [1.807, 2.05) is 11.7 Å². The van der Waals surface area contributed by atoms with E-state index in [-0.39, 0.29) is 6.04 Å². The van der Waals surface area contributed by atoms with Crippen molar-refractivity contribution in [3.8, 4) is 0 Å². The second kappa shape index (κ2) is 4.39. The number of nitrogens with zero attached hydrogens (tertiary/aromatic N) is 2. The number of rotatable bonds is 3. The van der Waals surface area contributed by atoms with Crippen molar-refractivity contribution in [3.63, 3.8) is 0 Å². The minimum atomic E-state index is -0.0657. The number of hydrogen-bond acceptors (Lipinski definition) is 3. The molecule has 0 spiro atoms. The minimum absolute atomic E-state index is 0.0657. The molecule has 0 aliphatic carbocycles. The fourth-order valence-electron chi connectivity index (χ4n) is 1.88. The molecule has 2 aromatic rings. The fraction of sp³-hybridized carbons (Fsp3) is 0.417. The summed E-state index contributed by atoms with van der Waals surface area (Å²) < 4.78 is 1.89. The molecule has 0 radical (unpaired) electrons. The topological polar surface area (TPSA) is 43.8 Å². The third kappa shape index (κ3) is 1.90. The van der Waals surface area contributed by atoms with Gasteiger partial charge in [0, 0.05) is 11.9 Å². The first kappa shape index (κ1) is 11.4. The molecule has 16 heavy (non-hydrogen) atoms. The molecule has 0 fully saturated rings. The van der Waals surface area contributed by atoms with Gasteiger partial charge in [0.2, 0.25) is 0 Å². The van der Waals surface area contributed by atoms with Gasteiger partial charge in [-0.3, -0.25) is 4.68 Å². The Morgan fingerprint density at radius 2 is 2.31 bits per heavy atom. The quantitative estimate of drug-likeness (QED) is 0.887. The van der Waals surface area contributed by atoms with Crippen LogP contribution in [0.15, 0.2) is 17.5 Å². The summed E-state index contributed by atoms with van der Waals surface area (Å²) in [6, 6.07) is 4.13. The van der Waals surface area contributed by atoms with Gasteiger partial charge in [-0.1, -0.05) is 6.92 Å². The van der Waals surface area contributed by atoms with Gasteiger partial charge in [0.25, 0.3) is 0 Å². The normalized spacial score (nSPS) is 13.0. The Labute approximate surface area is 99.9 Å². The molecular formula is C12H17N3S. The van der Waals surface area contributed by atoms with Crippen LogP contribution >= 0.6 is 11.3 Å². The summed E-state index contributed by atoms with van der Waals surface area (Å²) in [5.41, 5.74) is 9.66. The Hall–Kier alpha value is -1.13. The second-order valence-electron chi connectivity index (χ2n) is 3.95. The zero-order chi connectivity index (χ0) is 11.7. The minimum Gasteiger partial charge on any atom is -0.319 e. The Morgan fingerprint density at radius 1 is 1.56 bits per heavy atom. The van der Waals surface area contributed by atoms with Gasteiger partial charge < -0.3 is 5.73 Å². The lowest BCUT2D eigenvalue weighted by atomic mass is 10.1. The van der Waals surface area contributed by atoms with Crippen molar-refractivity contribution in [1.82, 2.24) is 9.78 Å². The molecule has 2 rings (SSSR count). The van der Waals surface area contributed by atoms with Crippen LogP contribution in [-0.4, -0.2) is 9.78 Å². The SMILES string of the molecule is CCc1cc(C(N)c2ccsc2C)n(C)n1. The summed E-state index contributed by atoms with van der Waals surface area (Å²) in [5, 5.41) is 6.51. The molecule has 2 aromatic heterocycles.